The summed E-state index contributed by atoms with van der Waals surface area (Å²) in [5.41, 5.74) is 0.259. The van der Waals surface area contributed by atoms with E-state index in [1.807, 2.05) is 0 Å². The number of methoxy groups -OCH3 is 2. The number of esters is 1. The van der Waals surface area contributed by atoms with Gasteiger partial charge >= 0.3 is 5.97 Å². The lowest BCUT2D eigenvalue weighted by atomic mass is 9.98. The summed E-state index contributed by atoms with van der Waals surface area (Å²) >= 11 is 5.19. The Morgan fingerprint density at radius 2 is 1.71 bits per heavy atom. The zero-order valence-electron chi connectivity index (χ0n) is 20.4. The van der Waals surface area contributed by atoms with E-state index >= 15 is 0 Å². The minimum Gasteiger partial charge on any atom is -0.494 e. The van der Waals surface area contributed by atoms with Gasteiger partial charge in [0.2, 0.25) is 17.5 Å². The quantitative estimate of drug-likeness (QED) is 0.347. The minimum absolute atomic E-state index is 0.0348. The highest BCUT2D eigenvalue weighted by atomic mass is 32.1. The Morgan fingerprint density at radius 1 is 1.11 bits per heavy atom. The van der Waals surface area contributed by atoms with Crippen molar-refractivity contribution in [2.45, 2.75) is 39.2 Å². The fourth-order valence-corrected chi connectivity index (χ4v) is 3.95. The van der Waals surface area contributed by atoms with E-state index in [9.17, 15) is 19.5 Å². The number of benzene rings is 1. The SMILES string of the molecule is CCC(=O)Oc1c(OC)cc([C@@H]2CC(c3c(O)n(C)c(=S)n(C)c3=O)=NN2C(=O)CC)cc1OC. The Morgan fingerprint density at radius 3 is 2.23 bits per heavy atom. The molecule has 0 unspecified atom stereocenters. The summed E-state index contributed by atoms with van der Waals surface area (Å²) in [6.45, 7) is 3.36. The molecular formula is C23H28N4O7S. The molecule has 2 aromatic rings. The molecule has 188 valence electrons. The summed E-state index contributed by atoms with van der Waals surface area (Å²) in [7, 11) is 5.88. The molecule has 1 amide bonds. The first-order valence-corrected chi connectivity index (χ1v) is 11.4. The van der Waals surface area contributed by atoms with Crippen LogP contribution in [0.15, 0.2) is 22.0 Å². The number of hydrogen-bond acceptors (Lipinski definition) is 9. The van der Waals surface area contributed by atoms with Crippen LogP contribution in [0.4, 0.5) is 0 Å². The van der Waals surface area contributed by atoms with Gasteiger partial charge in [-0.1, -0.05) is 13.8 Å². The van der Waals surface area contributed by atoms with E-state index in [4.69, 9.17) is 26.4 Å². The maximum Gasteiger partial charge on any atom is 0.311 e. The van der Waals surface area contributed by atoms with Gasteiger partial charge in [0.1, 0.15) is 5.56 Å². The molecule has 12 heteroatoms. The van der Waals surface area contributed by atoms with Crippen molar-refractivity contribution in [1.82, 2.24) is 14.1 Å². The van der Waals surface area contributed by atoms with Crippen molar-refractivity contribution in [3.05, 3.63) is 38.4 Å². The fourth-order valence-electron chi connectivity index (χ4n) is 3.78. The molecule has 11 nitrogen and oxygen atoms in total. The second kappa shape index (κ2) is 10.3. The van der Waals surface area contributed by atoms with Crippen LogP contribution in [0, 0.1) is 4.77 Å². The zero-order chi connectivity index (χ0) is 26.0. The standard InChI is InChI=1S/C23H28N4O7S/c1-7-17(28)27-14(11-13(24-27)19-21(30)25(3)23(35)26(4)22(19)31)12-9-15(32-5)20(16(10-12)33-6)34-18(29)8-2/h9-10,14,30H,7-8,11H2,1-6H3/t14-/m0/s1. The average Bonchev–Trinajstić information content (AvgIpc) is 3.30. The summed E-state index contributed by atoms with van der Waals surface area (Å²) in [5.74, 6) is -0.493. The summed E-state index contributed by atoms with van der Waals surface area (Å²) in [4.78, 5) is 37.7. The number of aromatic nitrogens is 2. The normalized spacial score (nSPS) is 15.1. The molecule has 2 heterocycles. The maximum absolute atomic E-state index is 13.0. The largest absolute Gasteiger partial charge is 0.494 e. The van der Waals surface area contributed by atoms with Crippen molar-refractivity contribution in [1.29, 1.82) is 0 Å². The van der Waals surface area contributed by atoms with E-state index in [0.717, 1.165) is 0 Å². The lowest BCUT2D eigenvalue weighted by Crippen LogP contribution is -2.28. The number of carbonyl (C=O) groups excluding carboxylic acids is 2. The van der Waals surface area contributed by atoms with E-state index in [1.54, 1.807) is 26.0 Å². The lowest BCUT2D eigenvalue weighted by molar-refractivity contribution is -0.134. The lowest BCUT2D eigenvalue weighted by Gasteiger charge is -2.23. The van der Waals surface area contributed by atoms with Gasteiger partial charge in [0, 0.05) is 33.4 Å². The molecule has 1 aliphatic rings. The topological polar surface area (TPSA) is 125 Å². The monoisotopic (exact) mass is 504 g/mol. The highest BCUT2D eigenvalue weighted by molar-refractivity contribution is 7.71. The summed E-state index contributed by atoms with van der Waals surface area (Å²) < 4.78 is 19.0. The molecule has 0 bridgehead atoms. The molecule has 3 rings (SSSR count). The third-order valence-corrected chi connectivity index (χ3v) is 6.31. The van der Waals surface area contributed by atoms with E-state index in [2.05, 4.69) is 5.10 Å². The van der Waals surface area contributed by atoms with Crippen LogP contribution in [-0.4, -0.2) is 51.1 Å². The van der Waals surface area contributed by atoms with Gasteiger partial charge in [-0.15, -0.1) is 0 Å². The van der Waals surface area contributed by atoms with E-state index in [-0.39, 0.29) is 64.3 Å². The van der Waals surface area contributed by atoms with Crippen molar-refractivity contribution < 1.29 is 28.9 Å². The third-order valence-electron chi connectivity index (χ3n) is 5.76. The molecule has 1 atom stereocenters. The highest BCUT2D eigenvalue weighted by Gasteiger charge is 2.36. The Balaban J connectivity index is 2.15. The molecule has 0 aliphatic carbocycles. The number of hydrogen-bond donors (Lipinski definition) is 1. The van der Waals surface area contributed by atoms with Crippen LogP contribution in [0.2, 0.25) is 0 Å². The smallest absolute Gasteiger partial charge is 0.311 e. The van der Waals surface area contributed by atoms with Crippen LogP contribution in [0.1, 0.15) is 50.3 Å². The molecule has 35 heavy (non-hydrogen) atoms. The van der Waals surface area contributed by atoms with Gasteiger partial charge in [0.15, 0.2) is 16.3 Å². The van der Waals surface area contributed by atoms with Gasteiger partial charge in [-0.3, -0.25) is 23.5 Å². The van der Waals surface area contributed by atoms with Gasteiger partial charge < -0.3 is 19.3 Å². The Bertz CT molecular complexity index is 1300. The molecule has 1 aliphatic heterocycles. The molecule has 0 saturated heterocycles. The second-order valence-corrected chi connectivity index (χ2v) is 8.21. The Hall–Kier alpha value is -3.67. The number of hydrazone groups is 1. The van der Waals surface area contributed by atoms with Crippen molar-refractivity contribution >= 4 is 29.8 Å². The third kappa shape index (κ3) is 4.65. The Kier molecular flexibility index (Phi) is 7.64. The predicted molar refractivity (Wildman–Crippen MR) is 130 cm³/mol. The predicted octanol–water partition coefficient (Wildman–Crippen LogP) is 2.58. The fraction of sp³-hybridized carbons (Fsp3) is 0.435. The number of aromatic hydroxyl groups is 1. The van der Waals surface area contributed by atoms with Crippen LogP contribution < -0.4 is 19.8 Å². The maximum atomic E-state index is 13.0. The molecule has 0 spiro atoms. The van der Waals surface area contributed by atoms with Crippen LogP contribution in [0.25, 0.3) is 0 Å². The first-order chi connectivity index (χ1) is 16.6. The summed E-state index contributed by atoms with van der Waals surface area (Å²) in [6, 6.07) is 2.63. The molecule has 1 aromatic carbocycles. The number of nitrogens with zero attached hydrogens (tertiary/aromatic N) is 4. The van der Waals surface area contributed by atoms with E-state index in [1.165, 1.54) is 42.5 Å². The molecule has 1 aromatic heterocycles. The van der Waals surface area contributed by atoms with Crippen molar-refractivity contribution in [3.63, 3.8) is 0 Å². The van der Waals surface area contributed by atoms with E-state index in [0.29, 0.717) is 5.56 Å². The average molecular weight is 505 g/mol. The van der Waals surface area contributed by atoms with Crippen LogP contribution >= 0.6 is 12.2 Å². The van der Waals surface area contributed by atoms with Gasteiger partial charge in [0.05, 0.1) is 26.0 Å². The molecule has 0 radical (unpaired) electrons. The van der Waals surface area contributed by atoms with Crippen LogP contribution in [0.5, 0.6) is 23.1 Å². The van der Waals surface area contributed by atoms with Crippen molar-refractivity contribution in [2.24, 2.45) is 19.2 Å². The van der Waals surface area contributed by atoms with Gasteiger partial charge in [0.25, 0.3) is 5.56 Å². The van der Waals surface area contributed by atoms with Crippen molar-refractivity contribution in [3.8, 4) is 23.1 Å². The van der Waals surface area contributed by atoms with Gasteiger partial charge in [-0.05, 0) is 29.9 Å². The van der Waals surface area contributed by atoms with Crippen molar-refractivity contribution in [2.75, 3.05) is 14.2 Å². The molecular weight excluding hydrogens is 476 g/mol. The minimum atomic E-state index is -0.631. The second-order valence-electron chi connectivity index (χ2n) is 7.85. The van der Waals surface area contributed by atoms with E-state index < -0.39 is 17.6 Å². The van der Waals surface area contributed by atoms with Crippen LogP contribution in [0.3, 0.4) is 0 Å². The highest BCUT2D eigenvalue weighted by Crippen LogP contribution is 2.43. The number of ether oxygens (including phenoxy) is 3. The molecule has 1 N–H and O–H groups in total. The number of carbonyl (C=O) groups is 2. The van der Waals surface area contributed by atoms with Crippen LogP contribution in [-0.2, 0) is 23.7 Å². The summed E-state index contributed by atoms with van der Waals surface area (Å²) in [6.07, 6.45) is 0.452. The number of amides is 1. The first-order valence-electron chi connectivity index (χ1n) is 10.9. The zero-order valence-corrected chi connectivity index (χ0v) is 21.3. The molecule has 0 saturated carbocycles. The Labute approximate surface area is 207 Å². The number of rotatable bonds is 7. The molecule has 0 fully saturated rings. The van der Waals surface area contributed by atoms with Gasteiger partial charge in [-0.2, -0.15) is 5.10 Å². The summed E-state index contributed by atoms with van der Waals surface area (Å²) in [5, 5.41) is 16.4. The van der Waals surface area contributed by atoms with Gasteiger partial charge in [-0.25, -0.2) is 5.01 Å². The first kappa shape index (κ1) is 25.9.